The third-order valence-electron chi connectivity index (χ3n) is 6.93. The van der Waals surface area contributed by atoms with Gasteiger partial charge in [0.1, 0.15) is 34.8 Å². The van der Waals surface area contributed by atoms with Crippen molar-refractivity contribution in [1.82, 2.24) is 0 Å². The van der Waals surface area contributed by atoms with Gasteiger partial charge in [-0.25, -0.2) is 13.2 Å². The first kappa shape index (κ1) is 28.6. The summed E-state index contributed by atoms with van der Waals surface area (Å²) >= 11 is 5.99. The number of halogens is 3. The Hall–Kier alpha value is -0.390. The lowest BCUT2D eigenvalue weighted by Gasteiger charge is -2.24. The molecule has 196 valence electrons. The molecule has 2 fully saturated rings. The first-order valence-corrected chi connectivity index (χ1v) is 16.5. The van der Waals surface area contributed by atoms with Crippen molar-refractivity contribution in [2.75, 3.05) is 13.2 Å². The van der Waals surface area contributed by atoms with Crippen LogP contribution in [0, 0.1) is 10.7 Å². The Labute approximate surface area is 252 Å². The lowest BCUT2D eigenvalue weighted by atomic mass is 9.91. The van der Waals surface area contributed by atoms with Gasteiger partial charge < -0.3 is 19.1 Å². The second-order valence-corrected chi connectivity index (χ2v) is 14.0. The van der Waals surface area contributed by atoms with E-state index in [-0.39, 0.29) is 35.7 Å². The average Bonchev–Trinajstić information content (AvgIpc) is 3.54. The molecular formula is C25H26I3O7S-. The SMILES string of the molecule is O=C(OCCOc1cc(C2CCCC2)c(S(=O)(=O)[O-])cc1C1CCCC1)c1c(I)cc(I)c(O)c1I. The molecule has 0 bridgehead atoms. The van der Waals surface area contributed by atoms with Crippen LogP contribution >= 0.6 is 67.8 Å². The summed E-state index contributed by atoms with van der Waals surface area (Å²) in [6, 6.07) is 5.02. The highest BCUT2D eigenvalue weighted by atomic mass is 127. The third kappa shape index (κ3) is 6.42. The van der Waals surface area contributed by atoms with Crippen molar-refractivity contribution in [3.05, 3.63) is 45.6 Å². The molecule has 7 nitrogen and oxygen atoms in total. The number of ether oxygens (including phenoxy) is 2. The third-order valence-corrected chi connectivity index (χ3v) is 10.5. The van der Waals surface area contributed by atoms with Gasteiger partial charge >= 0.3 is 5.97 Å². The summed E-state index contributed by atoms with van der Waals surface area (Å²) in [7, 11) is -4.62. The maximum atomic E-state index is 12.7. The Bertz CT molecular complexity index is 1250. The predicted octanol–water partition coefficient (Wildman–Crippen LogP) is 6.66. The second kappa shape index (κ2) is 12.2. The summed E-state index contributed by atoms with van der Waals surface area (Å²) in [6.45, 7) is 0.0742. The Morgan fingerprint density at radius 3 is 2.08 bits per heavy atom. The maximum Gasteiger partial charge on any atom is 0.340 e. The predicted molar refractivity (Wildman–Crippen MR) is 159 cm³/mol. The zero-order valence-electron chi connectivity index (χ0n) is 19.4. The largest absolute Gasteiger partial charge is 0.744 e. The highest BCUT2D eigenvalue weighted by Gasteiger charge is 2.28. The second-order valence-electron chi connectivity index (χ2n) is 9.21. The topological polar surface area (TPSA) is 113 Å². The van der Waals surface area contributed by atoms with Crippen molar-refractivity contribution in [3.63, 3.8) is 0 Å². The van der Waals surface area contributed by atoms with E-state index in [4.69, 9.17) is 9.47 Å². The van der Waals surface area contributed by atoms with E-state index in [1.54, 1.807) is 18.2 Å². The normalized spacial score (nSPS) is 17.0. The molecule has 0 atom stereocenters. The maximum absolute atomic E-state index is 12.7. The first-order chi connectivity index (χ1) is 17.1. The van der Waals surface area contributed by atoms with Crippen LogP contribution in [0.25, 0.3) is 0 Å². The van der Waals surface area contributed by atoms with E-state index < -0.39 is 16.1 Å². The fourth-order valence-electron chi connectivity index (χ4n) is 5.17. The molecule has 0 radical (unpaired) electrons. The van der Waals surface area contributed by atoms with E-state index in [1.165, 1.54) is 0 Å². The number of hydrogen-bond donors (Lipinski definition) is 1. The molecule has 2 aliphatic rings. The van der Waals surface area contributed by atoms with Crippen LogP contribution in [-0.4, -0.2) is 37.3 Å². The molecular weight excluding hydrogens is 825 g/mol. The number of phenols is 1. The van der Waals surface area contributed by atoms with Crippen LogP contribution in [-0.2, 0) is 14.9 Å². The summed E-state index contributed by atoms with van der Waals surface area (Å²) < 4.78 is 49.9. The molecule has 0 heterocycles. The molecule has 2 saturated carbocycles. The van der Waals surface area contributed by atoms with Crippen LogP contribution in [0.5, 0.6) is 11.5 Å². The molecule has 11 heteroatoms. The van der Waals surface area contributed by atoms with Crippen LogP contribution in [0.2, 0.25) is 0 Å². The highest BCUT2D eigenvalue weighted by Crippen LogP contribution is 2.45. The van der Waals surface area contributed by atoms with Crippen LogP contribution < -0.4 is 4.74 Å². The Balaban J connectivity index is 1.54. The molecule has 0 amide bonds. The molecule has 2 aromatic rings. The molecule has 0 saturated heterocycles. The average molecular weight is 851 g/mol. The fraction of sp³-hybridized carbons (Fsp3) is 0.480. The zero-order valence-corrected chi connectivity index (χ0v) is 26.7. The van der Waals surface area contributed by atoms with Crippen LogP contribution in [0.3, 0.4) is 0 Å². The van der Waals surface area contributed by atoms with Gasteiger partial charge in [0.2, 0.25) is 0 Å². The van der Waals surface area contributed by atoms with E-state index in [0.717, 1.165) is 56.9 Å². The number of aromatic hydroxyl groups is 1. The highest BCUT2D eigenvalue weighted by molar-refractivity contribution is 14.1. The lowest BCUT2D eigenvalue weighted by Crippen LogP contribution is -2.16. The van der Waals surface area contributed by atoms with E-state index in [0.29, 0.717) is 27.6 Å². The molecule has 2 aromatic carbocycles. The Kier molecular flexibility index (Phi) is 9.70. The van der Waals surface area contributed by atoms with Gasteiger partial charge in [0.15, 0.2) is 0 Å². The van der Waals surface area contributed by atoms with Crippen LogP contribution in [0.1, 0.15) is 84.7 Å². The van der Waals surface area contributed by atoms with Crippen molar-refractivity contribution in [1.29, 1.82) is 0 Å². The van der Waals surface area contributed by atoms with Gasteiger partial charge in [0.25, 0.3) is 0 Å². The Morgan fingerprint density at radius 1 is 0.917 bits per heavy atom. The minimum absolute atomic E-state index is 0.0117. The van der Waals surface area contributed by atoms with Gasteiger partial charge in [-0.05, 0) is 135 Å². The van der Waals surface area contributed by atoms with E-state index in [1.807, 2.05) is 67.8 Å². The molecule has 2 aliphatic carbocycles. The Morgan fingerprint density at radius 2 is 1.50 bits per heavy atom. The van der Waals surface area contributed by atoms with E-state index >= 15 is 0 Å². The molecule has 4 rings (SSSR count). The molecule has 1 N–H and O–H groups in total. The quantitative estimate of drug-likeness (QED) is 0.137. The summed E-state index contributed by atoms with van der Waals surface area (Å²) in [4.78, 5) is 12.6. The number of hydrogen-bond acceptors (Lipinski definition) is 7. The number of carbonyl (C=O) groups excluding carboxylic acids is 1. The smallest absolute Gasteiger partial charge is 0.340 e. The monoisotopic (exact) mass is 851 g/mol. The van der Waals surface area contributed by atoms with Crippen molar-refractivity contribution in [2.24, 2.45) is 0 Å². The molecule has 0 aliphatic heterocycles. The molecule has 0 aromatic heterocycles. The zero-order chi connectivity index (χ0) is 26.0. The van der Waals surface area contributed by atoms with Crippen LogP contribution in [0.15, 0.2) is 23.1 Å². The van der Waals surface area contributed by atoms with Gasteiger partial charge in [0.05, 0.1) is 17.6 Å². The van der Waals surface area contributed by atoms with Crippen molar-refractivity contribution in [2.45, 2.75) is 68.1 Å². The van der Waals surface area contributed by atoms with Gasteiger partial charge in [-0.1, -0.05) is 25.7 Å². The van der Waals surface area contributed by atoms with Gasteiger partial charge in [-0.3, -0.25) is 0 Å². The lowest BCUT2D eigenvalue weighted by molar-refractivity contribution is 0.0446. The van der Waals surface area contributed by atoms with Crippen molar-refractivity contribution >= 4 is 83.9 Å². The minimum Gasteiger partial charge on any atom is -0.744 e. The minimum atomic E-state index is -4.62. The summed E-state index contributed by atoms with van der Waals surface area (Å²) in [5.74, 6) is 0.240. The molecule has 0 spiro atoms. The van der Waals surface area contributed by atoms with Crippen molar-refractivity contribution < 1.29 is 32.3 Å². The standard InChI is InChI=1S/C25H27I3O7S/c26-18-13-19(27)24(29)23(28)22(18)25(30)35-10-9-34-20-11-17(15-7-3-4-8-15)21(36(31,32)33)12-16(20)14-5-1-2-6-14/h11-15,29H,1-10H2,(H,31,32,33)/p-1. The van der Waals surface area contributed by atoms with E-state index in [2.05, 4.69) is 0 Å². The van der Waals surface area contributed by atoms with Crippen LogP contribution in [0.4, 0.5) is 0 Å². The number of rotatable bonds is 8. The number of phenolic OH excluding ortho intramolecular Hbond substituents is 1. The van der Waals surface area contributed by atoms with Gasteiger partial charge in [0, 0.05) is 3.57 Å². The van der Waals surface area contributed by atoms with E-state index in [9.17, 15) is 22.9 Å². The fourth-order valence-corrected chi connectivity index (χ4v) is 9.77. The number of carbonyl (C=O) groups is 1. The molecule has 0 unspecified atom stereocenters. The van der Waals surface area contributed by atoms with Gasteiger partial charge in [-0.15, -0.1) is 0 Å². The summed E-state index contributed by atoms with van der Waals surface area (Å²) in [5, 5.41) is 10.2. The number of esters is 1. The number of benzene rings is 2. The summed E-state index contributed by atoms with van der Waals surface area (Å²) in [5.41, 5.74) is 1.62. The molecule has 36 heavy (non-hydrogen) atoms. The first-order valence-electron chi connectivity index (χ1n) is 11.9. The van der Waals surface area contributed by atoms with Crippen molar-refractivity contribution in [3.8, 4) is 11.5 Å². The summed E-state index contributed by atoms with van der Waals surface area (Å²) in [6.07, 6.45) is 7.64. The van der Waals surface area contributed by atoms with Gasteiger partial charge in [-0.2, -0.15) is 0 Å².